The van der Waals surface area contributed by atoms with E-state index in [9.17, 15) is 57.5 Å². The van der Waals surface area contributed by atoms with E-state index in [2.05, 4.69) is 64.8 Å². The number of ether oxygens (including phenoxy) is 12. The Bertz CT molecular complexity index is 3600. The average molecular weight is 1530 g/mol. The van der Waals surface area contributed by atoms with Crippen LogP contribution in [0.15, 0.2) is 135 Å². The normalized spacial score (nSPS) is 12.4. The summed E-state index contributed by atoms with van der Waals surface area (Å²) in [7, 11) is 0. The highest BCUT2D eigenvalue weighted by atomic mass is 16.6. The molecule has 0 aromatic heterocycles. The standard InChI is InChI=1S/C78H107N7O24/c1-22-61(86)101-43-58(46-104-64(89)49(4)5)107-70(95)82-76(16,17)55-31-25-28-52(40-55)73(10,11)79-67(92)98-37-34-85(35-38-99-68(93)80-74(12,13)53-29-26-32-56(41-53)77(18,19)83-71(96)108-59(44-102-62(87)23-2)47-105-65(90)50(6)7)36-39-100-69(94)81-75(14,15)54-30-27-33-57(42-54)78(20,21)84-72(97)109-60(45-103-63(88)24-3)48-106-66(91)51(8)9/h22-33,40-42,51,58-60H,1-4,6,34-39,43-48H2,5,7-21H3,(H,79,92)(H,80,93)(H,81,94)(H,82,95)(H,83,96)(H,84,97). The number of rotatable bonds is 42. The lowest BCUT2D eigenvalue weighted by molar-refractivity contribution is -0.153. The highest BCUT2D eigenvalue weighted by molar-refractivity contribution is 5.87. The fourth-order valence-electron chi connectivity index (χ4n) is 9.62. The van der Waals surface area contributed by atoms with Crippen LogP contribution in [0.25, 0.3) is 0 Å². The predicted octanol–water partition coefficient (Wildman–Crippen LogP) is 9.89. The number of carbonyl (C=O) groups is 12. The fraction of sp³-hybridized carbons (Fsp3) is 0.487. The lowest BCUT2D eigenvalue weighted by atomic mass is 9.87. The Labute approximate surface area is 636 Å². The van der Waals surface area contributed by atoms with E-state index in [1.165, 1.54) is 13.8 Å². The molecule has 0 saturated carbocycles. The molecule has 6 N–H and O–H groups in total. The van der Waals surface area contributed by atoms with Crippen molar-refractivity contribution in [3.05, 3.63) is 168 Å². The number of carbonyl (C=O) groups excluding carboxylic acids is 12. The molecular weight excluding hydrogens is 1420 g/mol. The van der Waals surface area contributed by atoms with Crippen molar-refractivity contribution in [2.75, 3.05) is 79.1 Å². The van der Waals surface area contributed by atoms with Crippen molar-refractivity contribution >= 4 is 72.4 Å². The van der Waals surface area contributed by atoms with Crippen LogP contribution in [-0.2, 0) is 119 Å². The number of nitrogens with one attached hydrogen (secondary N) is 6. The highest BCUT2D eigenvalue weighted by Gasteiger charge is 2.35. The first kappa shape index (κ1) is 92.0. The molecule has 31 nitrogen and oxygen atoms in total. The van der Waals surface area contributed by atoms with Crippen molar-refractivity contribution in [3.63, 3.8) is 0 Å². The molecule has 0 aliphatic heterocycles. The molecule has 0 aliphatic carbocycles. The van der Waals surface area contributed by atoms with Gasteiger partial charge in [-0.3, -0.25) is 9.69 Å². The molecule has 0 bridgehead atoms. The lowest BCUT2D eigenvalue weighted by Crippen LogP contribution is -2.45. The SMILES string of the molecule is C=CC(=O)OCC(COC(=O)C(=C)C)OC(=O)NC(C)(C)c1cccc(C(C)(C)NC(=O)OCCN(CCOC(=O)NC(C)(C)c2cccc(C(C)(C)NC(=O)OC(COC(=O)C=C)COC(=O)C(=C)C)c2)CCOC(=O)NC(C)(C)c2cccc(C(C)(C)NC(=O)OC(COC(=O)C=C)COC(=O)C(C)C)c2)c1. The van der Waals surface area contributed by atoms with Crippen molar-refractivity contribution in [2.24, 2.45) is 5.92 Å². The Morgan fingerprint density at radius 2 is 0.578 bits per heavy atom. The van der Waals surface area contributed by atoms with E-state index < -0.39 is 163 Å². The second-order valence-electron chi connectivity index (χ2n) is 28.6. The molecule has 0 heterocycles. The molecule has 0 spiro atoms. The van der Waals surface area contributed by atoms with Crippen molar-refractivity contribution < 1.29 is 114 Å². The quantitative estimate of drug-likeness (QED) is 0.0174. The van der Waals surface area contributed by atoms with Crippen LogP contribution in [0.3, 0.4) is 0 Å². The van der Waals surface area contributed by atoms with Crippen molar-refractivity contribution in [1.82, 2.24) is 36.8 Å². The summed E-state index contributed by atoms with van der Waals surface area (Å²) in [5.41, 5.74) is -2.82. The zero-order valence-corrected chi connectivity index (χ0v) is 65.2. The van der Waals surface area contributed by atoms with E-state index in [0.29, 0.717) is 33.4 Å². The zero-order valence-electron chi connectivity index (χ0n) is 65.2. The summed E-state index contributed by atoms with van der Waals surface area (Å²) in [6.07, 6.45) is -6.00. The minimum Gasteiger partial charge on any atom is -0.461 e. The van der Waals surface area contributed by atoms with Gasteiger partial charge in [-0.1, -0.05) is 120 Å². The van der Waals surface area contributed by atoms with Crippen LogP contribution >= 0.6 is 0 Å². The van der Waals surface area contributed by atoms with Gasteiger partial charge in [-0.2, -0.15) is 0 Å². The van der Waals surface area contributed by atoms with Gasteiger partial charge in [0.05, 0.1) is 39.2 Å². The number of benzene rings is 3. The fourth-order valence-corrected chi connectivity index (χ4v) is 9.62. The van der Waals surface area contributed by atoms with Crippen LogP contribution in [-0.4, -0.2) is 175 Å². The first-order valence-electron chi connectivity index (χ1n) is 34.8. The number of nitrogens with zero attached hydrogens (tertiary/aromatic N) is 1. The number of alkyl carbamates (subject to hydrolysis) is 6. The molecular formula is C78H107N7O24. The predicted molar refractivity (Wildman–Crippen MR) is 398 cm³/mol. The third kappa shape index (κ3) is 32.8. The Hall–Kier alpha value is -11.2. The van der Waals surface area contributed by atoms with Gasteiger partial charge >= 0.3 is 72.4 Å². The number of esters is 6. The van der Waals surface area contributed by atoms with Gasteiger partial charge < -0.3 is 88.7 Å². The van der Waals surface area contributed by atoms with Gasteiger partial charge in [-0.05, 0) is 130 Å². The third-order valence-electron chi connectivity index (χ3n) is 16.3. The van der Waals surface area contributed by atoms with Crippen molar-refractivity contribution in [3.8, 4) is 0 Å². The molecule has 0 saturated heterocycles. The van der Waals surface area contributed by atoms with Gasteiger partial charge in [0.15, 0.2) is 18.3 Å². The summed E-state index contributed by atoms with van der Waals surface area (Å²) in [5.74, 6) is -4.88. The minimum atomic E-state index is -1.20. The van der Waals surface area contributed by atoms with E-state index in [0.717, 1.165) is 18.2 Å². The molecule has 0 aliphatic rings. The second-order valence-corrected chi connectivity index (χ2v) is 28.6. The number of amides is 6. The van der Waals surface area contributed by atoms with Gasteiger partial charge in [0.25, 0.3) is 0 Å². The smallest absolute Gasteiger partial charge is 0.408 e. The van der Waals surface area contributed by atoms with Gasteiger partial charge in [-0.15, -0.1) is 0 Å². The molecule has 3 aromatic rings. The van der Waals surface area contributed by atoms with Crippen LogP contribution in [0.4, 0.5) is 28.8 Å². The molecule has 3 unspecified atom stereocenters. The molecule has 6 amide bonds. The van der Waals surface area contributed by atoms with E-state index in [1.807, 2.05) is 0 Å². The summed E-state index contributed by atoms with van der Waals surface area (Å²) in [6.45, 7) is 40.8. The summed E-state index contributed by atoms with van der Waals surface area (Å²) >= 11 is 0. The Morgan fingerprint density at radius 1 is 0.358 bits per heavy atom. The molecule has 31 heteroatoms. The third-order valence-corrected chi connectivity index (χ3v) is 16.3. The first-order valence-corrected chi connectivity index (χ1v) is 34.8. The van der Waals surface area contributed by atoms with E-state index in [-0.39, 0.29) is 57.2 Å². The minimum absolute atomic E-state index is 0.0370. The zero-order chi connectivity index (χ0) is 82.3. The van der Waals surface area contributed by atoms with Crippen molar-refractivity contribution in [2.45, 2.75) is 162 Å². The van der Waals surface area contributed by atoms with Crippen molar-refractivity contribution in [1.29, 1.82) is 0 Å². The van der Waals surface area contributed by atoms with E-state index in [4.69, 9.17) is 56.8 Å². The van der Waals surface area contributed by atoms with Crippen LogP contribution in [0.1, 0.15) is 144 Å². The number of hydrogen-bond acceptors (Lipinski definition) is 25. The van der Waals surface area contributed by atoms with Crippen LogP contribution in [0, 0.1) is 5.92 Å². The monoisotopic (exact) mass is 1530 g/mol. The summed E-state index contributed by atoms with van der Waals surface area (Å²) in [6, 6.07) is 21.0. The molecule has 3 rings (SSSR count). The molecule has 598 valence electrons. The van der Waals surface area contributed by atoms with E-state index >= 15 is 0 Å². The molecule has 0 fully saturated rings. The maximum atomic E-state index is 13.7. The largest absolute Gasteiger partial charge is 0.461 e. The van der Waals surface area contributed by atoms with Crippen LogP contribution in [0.5, 0.6) is 0 Å². The number of hydrogen-bond donors (Lipinski definition) is 6. The van der Waals surface area contributed by atoms with Crippen LogP contribution in [0.2, 0.25) is 0 Å². The van der Waals surface area contributed by atoms with Gasteiger partial charge in [0.1, 0.15) is 59.5 Å². The van der Waals surface area contributed by atoms with Gasteiger partial charge in [0, 0.05) is 49.0 Å². The summed E-state index contributed by atoms with van der Waals surface area (Å²) in [5, 5.41) is 17.0. The highest BCUT2D eigenvalue weighted by Crippen LogP contribution is 2.31. The maximum absolute atomic E-state index is 13.7. The van der Waals surface area contributed by atoms with E-state index in [1.54, 1.807) is 175 Å². The average Bonchev–Trinajstić information content (AvgIpc) is 0.814. The second kappa shape index (κ2) is 42.3. The molecule has 3 aromatic carbocycles. The Balaban J connectivity index is 1.81. The summed E-state index contributed by atoms with van der Waals surface area (Å²) in [4.78, 5) is 155. The molecule has 3 atom stereocenters. The molecule has 109 heavy (non-hydrogen) atoms. The van der Waals surface area contributed by atoms with Crippen LogP contribution < -0.4 is 31.9 Å². The van der Waals surface area contributed by atoms with Gasteiger partial charge in [0.2, 0.25) is 0 Å². The Morgan fingerprint density at radius 3 is 0.798 bits per heavy atom. The maximum Gasteiger partial charge on any atom is 0.408 e. The summed E-state index contributed by atoms with van der Waals surface area (Å²) < 4.78 is 64.4. The Kier molecular flexibility index (Phi) is 35.7. The lowest BCUT2D eigenvalue weighted by Gasteiger charge is -2.31. The van der Waals surface area contributed by atoms with Gasteiger partial charge in [-0.25, -0.2) is 52.7 Å². The molecule has 0 radical (unpaired) electrons. The topological polar surface area (TPSA) is 391 Å². The first-order chi connectivity index (χ1) is 50.7.